The second-order valence-electron chi connectivity index (χ2n) is 1.04. The molecular formula is C3H4ClNO2. The van der Waals surface area contributed by atoms with Gasteiger partial charge in [-0.2, -0.15) is 0 Å². The Morgan fingerprint density at radius 1 is 1.57 bits per heavy atom. The second kappa shape index (κ2) is 1.50. The minimum absolute atomic E-state index is 0.144. The van der Waals surface area contributed by atoms with Crippen LogP contribution < -0.4 is 5.73 Å². The first-order valence-corrected chi connectivity index (χ1v) is 2.09. The fraction of sp³-hybridized carbons (Fsp3) is 0.333. The molecule has 7 heavy (non-hydrogen) atoms. The van der Waals surface area contributed by atoms with Crippen LogP contribution in [0.1, 0.15) is 0 Å². The number of nitrogens with two attached hydrogens (primary N) is 1. The average Bonchev–Trinajstić information content (AvgIpc) is 1.91. The molecule has 0 amide bonds. The van der Waals surface area contributed by atoms with E-state index < -0.39 is 0 Å². The van der Waals surface area contributed by atoms with Crippen LogP contribution in [0.4, 0.5) is 0 Å². The van der Waals surface area contributed by atoms with Gasteiger partial charge in [0.15, 0.2) is 0 Å². The van der Waals surface area contributed by atoms with E-state index in [1.165, 1.54) is 0 Å². The highest BCUT2D eigenvalue weighted by atomic mass is 35.5. The number of hydrogen-bond donors (Lipinski definition) is 1. The topological polar surface area (TPSA) is 44.5 Å². The summed E-state index contributed by atoms with van der Waals surface area (Å²) in [4.78, 5) is 0. The number of ether oxygens (including phenoxy) is 2. The summed E-state index contributed by atoms with van der Waals surface area (Å²) in [5.41, 5.74) is 5.08. The Labute approximate surface area is 45.6 Å². The average molecular weight is 122 g/mol. The van der Waals surface area contributed by atoms with Crippen LogP contribution >= 0.6 is 11.6 Å². The molecule has 0 aromatic heterocycles. The maximum absolute atomic E-state index is 5.27. The van der Waals surface area contributed by atoms with Crippen molar-refractivity contribution >= 4 is 11.6 Å². The van der Waals surface area contributed by atoms with E-state index in [-0.39, 0.29) is 17.9 Å². The molecule has 4 heteroatoms. The van der Waals surface area contributed by atoms with Gasteiger partial charge in [-0.05, 0) is 11.6 Å². The van der Waals surface area contributed by atoms with E-state index in [2.05, 4.69) is 9.47 Å². The quantitative estimate of drug-likeness (QED) is 0.502. The van der Waals surface area contributed by atoms with Crippen LogP contribution in [0.3, 0.4) is 0 Å². The van der Waals surface area contributed by atoms with Crippen molar-refractivity contribution in [1.82, 2.24) is 0 Å². The molecule has 0 fully saturated rings. The van der Waals surface area contributed by atoms with Gasteiger partial charge in [0, 0.05) is 0 Å². The van der Waals surface area contributed by atoms with Crippen molar-refractivity contribution in [3.8, 4) is 0 Å². The van der Waals surface area contributed by atoms with Crippen molar-refractivity contribution < 1.29 is 9.47 Å². The molecule has 0 aliphatic carbocycles. The first kappa shape index (κ1) is 4.59. The van der Waals surface area contributed by atoms with Gasteiger partial charge in [0.05, 0.1) is 0 Å². The Morgan fingerprint density at radius 2 is 2.29 bits per heavy atom. The van der Waals surface area contributed by atoms with Crippen LogP contribution in [-0.2, 0) is 9.47 Å². The molecule has 0 aromatic rings. The van der Waals surface area contributed by atoms with Gasteiger partial charge in [0.2, 0.25) is 12.7 Å². The standard InChI is InChI=1S/C3H4ClNO2/c4-2-3(5)7-1-6-2/h1,5H2. The molecule has 40 valence electrons. The van der Waals surface area contributed by atoms with E-state index in [0.29, 0.717) is 0 Å². The zero-order valence-electron chi connectivity index (χ0n) is 3.48. The van der Waals surface area contributed by atoms with Crippen LogP contribution in [0.2, 0.25) is 0 Å². The van der Waals surface area contributed by atoms with Crippen LogP contribution in [0.15, 0.2) is 11.1 Å². The lowest BCUT2D eigenvalue weighted by Gasteiger charge is -1.86. The third-order valence-corrected chi connectivity index (χ3v) is 0.889. The Kier molecular flexibility index (Phi) is 0.982. The van der Waals surface area contributed by atoms with Gasteiger partial charge in [0.25, 0.3) is 5.22 Å². The van der Waals surface area contributed by atoms with Crippen molar-refractivity contribution in [2.75, 3.05) is 6.79 Å². The summed E-state index contributed by atoms with van der Waals surface area (Å²) in [6.45, 7) is 0.144. The largest absolute Gasteiger partial charge is 0.441 e. The van der Waals surface area contributed by atoms with Crippen LogP contribution in [0, 0.1) is 0 Å². The molecular weight excluding hydrogens is 117 g/mol. The van der Waals surface area contributed by atoms with Crippen LogP contribution in [0.25, 0.3) is 0 Å². The van der Waals surface area contributed by atoms with Crippen LogP contribution in [-0.4, -0.2) is 6.79 Å². The van der Waals surface area contributed by atoms with E-state index in [1.54, 1.807) is 0 Å². The van der Waals surface area contributed by atoms with Gasteiger partial charge < -0.3 is 15.2 Å². The summed E-state index contributed by atoms with van der Waals surface area (Å²) < 4.78 is 9.13. The molecule has 2 N–H and O–H groups in total. The predicted molar refractivity (Wildman–Crippen MR) is 24.1 cm³/mol. The van der Waals surface area contributed by atoms with Crippen molar-refractivity contribution in [3.05, 3.63) is 11.1 Å². The summed E-state index contributed by atoms with van der Waals surface area (Å²) in [6.07, 6.45) is 0. The van der Waals surface area contributed by atoms with E-state index >= 15 is 0 Å². The number of rotatable bonds is 0. The van der Waals surface area contributed by atoms with Crippen molar-refractivity contribution in [2.24, 2.45) is 5.73 Å². The van der Waals surface area contributed by atoms with Gasteiger partial charge in [-0.3, -0.25) is 0 Å². The molecule has 0 aromatic carbocycles. The van der Waals surface area contributed by atoms with E-state index in [4.69, 9.17) is 17.3 Å². The lowest BCUT2D eigenvalue weighted by molar-refractivity contribution is 0.0766. The van der Waals surface area contributed by atoms with Crippen LogP contribution in [0.5, 0.6) is 0 Å². The molecule has 0 saturated heterocycles. The summed E-state index contributed by atoms with van der Waals surface area (Å²) in [6, 6.07) is 0. The second-order valence-corrected chi connectivity index (χ2v) is 1.39. The van der Waals surface area contributed by atoms with E-state index in [1.807, 2.05) is 0 Å². The summed E-state index contributed by atoms with van der Waals surface area (Å²) in [5.74, 6) is 0.168. The number of halogens is 1. The normalized spacial score (nSPS) is 19.0. The van der Waals surface area contributed by atoms with Gasteiger partial charge in [0.1, 0.15) is 0 Å². The van der Waals surface area contributed by atoms with Gasteiger partial charge in [-0.1, -0.05) is 0 Å². The summed E-state index contributed by atoms with van der Waals surface area (Å²) >= 11 is 5.27. The highest BCUT2D eigenvalue weighted by Gasteiger charge is 2.09. The first-order valence-electron chi connectivity index (χ1n) is 1.71. The minimum Gasteiger partial charge on any atom is -0.441 e. The van der Waals surface area contributed by atoms with E-state index in [0.717, 1.165) is 0 Å². The molecule has 1 aliphatic heterocycles. The number of hydrogen-bond acceptors (Lipinski definition) is 3. The molecule has 0 atom stereocenters. The van der Waals surface area contributed by atoms with Crippen molar-refractivity contribution in [3.63, 3.8) is 0 Å². The smallest absolute Gasteiger partial charge is 0.251 e. The van der Waals surface area contributed by atoms with Crippen molar-refractivity contribution in [1.29, 1.82) is 0 Å². The molecule has 0 saturated carbocycles. The predicted octanol–water partition coefficient (Wildman–Crippen LogP) is 0.315. The van der Waals surface area contributed by atoms with Gasteiger partial charge in [-0.25, -0.2) is 0 Å². The monoisotopic (exact) mass is 121 g/mol. The Balaban J connectivity index is 2.64. The molecule has 0 radical (unpaired) electrons. The molecule has 1 rings (SSSR count). The highest BCUT2D eigenvalue weighted by molar-refractivity contribution is 6.28. The molecule has 1 heterocycles. The third-order valence-electron chi connectivity index (χ3n) is 0.594. The molecule has 0 bridgehead atoms. The third kappa shape index (κ3) is 0.718. The highest BCUT2D eigenvalue weighted by Crippen LogP contribution is 2.14. The lowest BCUT2D eigenvalue weighted by Crippen LogP contribution is -1.96. The zero-order chi connectivity index (χ0) is 5.28. The summed E-state index contributed by atoms with van der Waals surface area (Å²) in [7, 11) is 0. The Bertz CT molecular complexity index is 99.5. The minimum atomic E-state index is 0.144. The van der Waals surface area contributed by atoms with Gasteiger partial charge in [-0.15, -0.1) is 0 Å². The summed E-state index contributed by atoms with van der Waals surface area (Å²) in [5, 5.41) is 0.153. The maximum Gasteiger partial charge on any atom is 0.251 e. The molecule has 0 unspecified atom stereocenters. The molecule has 0 spiro atoms. The Morgan fingerprint density at radius 3 is 2.43 bits per heavy atom. The van der Waals surface area contributed by atoms with Crippen molar-refractivity contribution in [2.45, 2.75) is 0 Å². The zero-order valence-corrected chi connectivity index (χ0v) is 4.23. The first-order chi connectivity index (χ1) is 3.30. The lowest BCUT2D eigenvalue weighted by atomic mass is 10.9. The fourth-order valence-corrected chi connectivity index (χ4v) is 0.372. The van der Waals surface area contributed by atoms with Gasteiger partial charge >= 0.3 is 0 Å². The SMILES string of the molecule is NC1=C(Cl)OCO1. The molecule has 1 aliphatic rings. The van der Waals surface area contributed by atoms with E-state index in [9.17, 15) is 0 Å². The Hall–Kier alpha value is -0.570. The fourth-order valence-electron chi connectivity index (χ4n) is 0.273. The maximum atomic E-state index is 5.27. The molecule has 3 nitrogen and oxygen atoms in total.